The topological polar surface area (TPSA) is 84.0 Å². The third-order valence-electron chi connectivity index (χ3n) is 7.35. The van der Waals surface area contributed by atoms with Crippen LogP contribution in [0.5, 0.6) is 5.75 Å². The maximum atomic E-state index is 13.3. The number of nitrogens with zero attached hydrogens (tertiary/aromatic N) is 3. The van der Waals surface area contributed by atoms with E-state index in [1.165, 1.54) is 7.11 Å². The highest BCUT2D eigenvalue weighted by Crippen LogP contribution is 2.42. The van der Waals surface area contributed by atoms with Gasteiger partial charge in [-0.3, -0.25) is 14.6 Å². The van der Waals surface area contributed by atoms with Gasteiger partial charge in [-0.15, -0.1) is 0 Å². The summed E-state index contributed by atoms with van der Waals surface area (Å²) >= 11 is 0. The van der Waals surface area contributed by atoms with Crippen LogP contribution in [0.15, 0.2) is 48.8 Å². The molecule has 0 aliphatic carbocycles. The van der Waals surface area contributed by atoms with Crippen LogP contribution in [0.4, 0.5) is 0 Å². The summed E-state index contributed by atoms with van der Waals surface area (Å²) in [6, 6.07) is 11.6. The molecule has 0 radical (unpaired) electrons. The molecule has 8 heteroatoms. The van der Waals surface area contributed by atoms with Crippen molar-refractivity contribution in [2.45, 2.75) is 38.3 Å². The second-order valence-corrected chi connectivity index (χ2v) is 9.58. The van der Waals surface area contributed by atoms with Gasteiger partial charge in [-0.05, 0) is 68.1 Å². The molecule has 1 aromatic heterocycles. The predicted octanol–water partition coefficient (Wildman–Crippen LogP) is 2.80. The lowest BCUT2D eigenvalue weighted by Gasteiger charge is -2.38. The van der Waals surface area contributed by atoms with Crippen molar-refractivity contribution in [1.82, 2.24) is 20.1 Å². The third-order valence-corrected chi connectivity index (χ3v) is 7.35. The van der Waals surface area contributed by atoms with E-state index >= 15 is 0 Å². The molecule has 2 aliphatic rings. The molecule has 2 amide bonds. The number of nitrogens with one attached hydrogen (secondary N) is 1. The Kier molecular flexibility index (Phi) is 8.36. The average Bonchev–Trinajstić information content (AvgIpc) is 3.18. The fourth-order valence-electron chi connectivity index (χ4n) is 5.28. The highest BCUT2D eigenvalue weighted by atomic mass is 16.5. The van der Waals surface area contributed by atoms with Crippen molar-refractivity contribution in [3.05, 3.63) is 59.9 Å². The number of carbonyl (C=O) groups excluding carboxylic acids is 2. The number of hydrogen-bond acceptors (Lipinski definition) is 6. The van der Waals surface area contributed by atoms with Crippen molar-refractivity contribution < 1.29 is 19.1 Å². The largest absolute Gasteiger partial charge is 0.497 e. The lowest BCUT2D eigenvalue weighted by molar-refractivity contribution is -0.139. The van der Waals surface area contributed by atoms with E-state index in [1.807, 2.05) is 47.5 Å². The molecule has 35 heavy (non-hydrogen) atoms. The van der Waals surface area contributed by atoms with Gasteiger partial charge in [0.1, 0.15) is 12.4 Å². The van der Waals surface area contributed by atoms with Crippen LogP contribution in [-0.2, 0) is 20.9 Å². The number of rotatable bonds is 10. The lowest BCUT2D eigenvalue weighted by atomic mass is 9.77. The van der Waals surface area contributed by atoms with E-state index in [1.54, 1.807) is 13.3 Å². The van der Waals surface area contributed by atoms with Gasteiger partial charge in [-0.2, -0.15) is 0 Å². The van der Waals surface area contributed by atoms with Gasteiger partial charge in [-0.1, -0.05) is 18.2 Å². The second-order valence-electron chi connectivity index (χ2n) is 9.58. The average molecular weight is 481 g/mol. The van der Waals surface area contributed by atoms with Crippen molar-refractivity contribution in [3.63, 3.8) is 0 Å². The van der Waals surface area contributed by atoms with E-state index in [9.17, 15) is 9.59 Å². The van der Waals surface area contributed by atoms with Crippen LogP contribution in [0, 0.1) is 5.41 Å². The number of pyridine rings is 1. The number of benzene rings is 1. The molecular weight excluding hydrogens is 444 g/mol. The molecule has 1 aromatic carbocycles. The highest BCUT2D eigenvalue weighted by molar-refractivity contribution is 5.85. The highest BCUT2D eigenvalue weighted by Gasteiger charge is 2.47. The molecule has 2 fully saturated rings. The Hall–Kier alpha value is -2.97. The number of likely N-dealkylation sites (tertiary alicyclic amines) is 2. The van der Waals surface area contributed by atoms with Crippen molar-refractivity contribution in [2.24, 2.45) is 5.41 Å². The Morgan fingerprint density at radius 2 is 1.94 bits per heavy atom. The molecule has 0 saturated carbocycles. The Labute approximate surface area is 207 Å². The molecule has 1 spiro atoms. The van der Waals surface area contributed by atoms with Gasteiger partial charge >= 0.3 is 0 Å². The maximum absolute atomic E-state index is 13.3. The van der Waals surface area contributed by atoms with E-state index in [-0.39, 0.29) is 24.0 Å². The van der Waals surface area contributed by atoms with Gasteiger partial charge in [0.05, 0.1) is 18.6 Å². The molecule has 1 atom stereocenters. The van der Waals surface area contributed by atoms with Gasteiger partial charge < -0.3 is 24.6 Å². The number of carbonyl (C=O) groups is 2. The third kappa shape index (κ3) is 6.18. The van der Waals surface area contributed by atoms with Crippen molar-refractivity contribution >= 4 is 11.8 Å². The number of hydrogen-bond donors (Lipinski definition) is 1. The van der Waals surface area contributed by atoms with Crippen LogP contribution in [-0.4, -0.2) is 73.6 Å². The van der Waals surface area contributed by atoms with Crippen LogP contribution in [0.2, 0.25) is 0 Å². The second kappa shape index (κ2) is 11.6. The molecular formula is C27H36N4O4. The first-order valence-electron chi connectivity index (χ1n) is 12.4. The number of piperidine rings is 1. The van der Waals surface area contributed by atoms with Crippen molar-refractivity contribution in [3.8, 4) is 5.75 Å². The van der Waals surface area contributed by atoms with E-state index in [4.69, 9.17) is 9.47 Å². The van der Waals surface area contributed by atoms with Crippen molar-refractivity contribution in [1.29, 1.82) is 0 Å². The Bertz CT molecular complexity index is 992. The van der Waals surface area contributed by atoms with Gasteiger partial charge in [0.2, 0.25) is 11.8 Å². The number of ether oxygens (including phenoxy) is 2. The van der Waals surface area contributed by atoms with Crippen LogP contribution in [0.1, 0.15) is 42.9 Å². The predicted molar refractivity (Wildman–Crippen MR) is 133 cm³/mol. The minimum Gasteiger partial charge on any atom is -0.497 e. The van der Waals surface area contributed by atoms with Crippen molar-refractivity contribution in [2.75, 3.05) is 47.0 Å². The molecule has 8 nitrogen and oxygen atoms in total. The number of amides is 2. The molecule has 1 N–H and O–H groups in total. The molecule has 2 aliphatic heterocycles. The molecule has 0 bridgehead atoms. The summed E-state index contributed by atoms with van der Waals surface area (Å²) in [5, 5.41) is 3.10. The monoisotopic (exact) mass is 480 g/mol. The summed E-state index contributed by atoms with van der Waals surface area (Å²) in [7, 11) is 3.16. The first-order valence-corrected chi connectivity index (χ1v) is 12.4. The van der Waals surface area contributed by atoms with Gasteiger partial charge in [0, 0.05) is 39.1 Å². The first kappa shape index (κ1) is 25.1. The standard InChI is InChI=1S/C27H36N4O4/c1-34-20-25(32)29-24(22-6-3-7-23(17-22)35-2)8-13-30-14-9-27(10-15-30)11-16-31(26(27)33)19-21-5-4-12-28-18-21/h3-7,12,17-18,24H,8-11,13-16,19-20H2,1-2H3,(H,29,32). The maximum Gasteiger partial charge on any atom is 0.246 e. The molecule has 2 aromatic rings. The van der Waals surface area contributed by atoms with Gasteiger partial charge in [0.25, 0.3) is 0 Å². The quantitative estimate of drug-likeness (QED) is 0.563. The molecule has 1 unspecified atom stereocenters. The zero-order chi connectivity index (χ0) is 24.7. The fourth-order valence-corrected chi connectivity index (χ4v) is 5.28. The zero-order valence-electron chi connectivity index (χ0n) is 20.7. The van der Waals surface area contributed by atoms with Gasteiger partial charge in [-0.25, -0.2) is 0 Å². The Balaban J connectivity index is 1.32. The lowest BCUT2D eigenvalue weighted by Crippen LogP contribution is -2.45. The number of methoxy groups -OCH3 is 2. The summed E-state index contributed by atoms with van der Waals surface area (Å²) in [5.74, 6) is 0.925. The summed E-state index contributed by atoms with van der Waals surface area (Å²) in [6.45, 7) is 4.12. The van der Waals surface area contributed by atoms with Crippen LogP contribution in [0.25, 0.3) is 0 Å². The van der Waals surface area contributed by atoms with Gasteiger partial charge in [0.15, 0.2) is 0 Å². The number of aromatic nitrogens is 1. The first-order chi connectivity index (χ1) is 17.0. The summed E-state index contributed by atoms with van der Waals surface area (Å²) in [6.07, 6.45) is 7.07. The molecule has 3 heterocycles. The zero-order valence-corrected chi connectivity index (χ0v) is 20.7. The molecule has 2 saturated heterocycles. The summed E-state index contributed by atoms with van der Waals surface area (Å²) in [4.78, 5) is 34.2. The SMILES string of the molecule is COCC(=O)NC(CCN1CCC2(CC1)CCN(Cc1cccnc1)C2=O)c1cccc(OC)c1. The van der Waals surface area contributed by atoms with E-state index in [2.05, 4.69) is 15.2 Å². The minimum absolute atomic E-state index is 0.0321. The summed E-state index contributed by atoms with van der Waals surface area (Å²) in [5.41, 5.74) is 1.87. The van der Waals surface area contributed by atoms with Crippen LogP contribution >= 0.6 is 0 Å². The Morgan fingerprint density at radius 1 is 1.14 bits per heavy atom. The molecule has 188 valence electrons. The Morgan fingerprint density at radius 3 is 2.66 bits per heavy atom. The normalized spacial score (nSPS) is 18.6. The smallest absolute Gasteiger partial charge is 0.246 e. The minimum atomic E-state index is -0.225. The van der Waals surface area contributed by atoms with Crippen LogP contribution in [0.3, 0.4) is 0 Å². The fraction of sp³-hybridized carbons (Fsp3) is 0.519. The van der Waals surface area contributed by atoms with E-state index in [0.29, 0.717) is 12.5 Å². The van der Waals surface area contributed by atoms with Crippen LogP contribution < -0.4 is 10.1 Å². The van der Waals surface area contributed by atoms with E-state index in [0.717, 1.165) is 68.7 Å². The van der Waals surface area contributed by atoms with E-state index < -0.39 is 0 Å². The molecule has 4 rings (SSSR count). The summed E-state index contributed by atoms with van der Waals surface area (Å²) < 4.78 is 10.4.